The number of nitriles is 1. The minimum absolute atomic E-state index is 0.0245. The van der Waals surface area contributed by atoms with Gasteiger partial charge in [0, 0.05) is 32.6 Å². The van der Waals surface area contributed by atoms with Crippen LogP contribution >= 0.6 is 0 Å². The molecule has 2 aromatic rings. The van der Waals surface area contributed by atoms with Crippen LogP contribution in [0.2, 0.25) is 0 Å². The topological polar surface area (TPSA) is 68.6 Å². The van der Waals surface area contributed by atoms with Gasteiger partial charge in [0.15, 0.2) is 0 Å². The number of amides is 1. The first-order valence-corrected chi connectivity index (χ1v) is 11.1. The second kappa shape index (κ2) is 9.95. The number of hydrogen-bond donors (Lipinski definition) is 1. The van der Waals surface area contributed by atoms with Gasteiger partial charge in [0.2, 0.25) is 5.91 Å². The van der Waals surface area contributed by atoms with Gasteiger partial charge in [0.1, 0.15) is 11.9 Å². The molecule has 2 aliphatic heterocycles. The Hall–Kier alpha value is -2.88. The Kier molecular flexibility index (Phi) is 6.86. The minimum atomic E-state index is -0.137. The molecule has 1 amide bonds. The number of piperidine rings is 1. The summed E-state index contributed by atoms with van der Waals surface area (Å²) in [5, 5.41) is 12.0. The highest BCUT2D eigenvalue weighted by Crippen LogP contribution is 2.29. The maximum absolute atomic E-state index is 12.6. The van der Waals surface area contributed by atoms with E-state index in [2.05, 4.69) is 27.3 Å². The largest absolute Gasteiger partial charge is 0.489 e. The first kappa shape index (κ1) is 21.4. The number of carbonyl (C=O) groups excluding carboxylic acids is 1. The highest BCUT2D eigenvalue weighted by molar-refractivity contribution is 5.81. The minimum Gasteiger partial charge on any atom is -0.489 e. The molecule has 2 saturated heterocycles. The molecule has 0 aromatic heterocycles. The van der Waals surface area contributed by atoms with Gasteiger partial charge in [-0.1, -0.05) is 30.3 Å². The van der Waals surface area contributed by atoms with Crippen LogP contribution in [0.25, 0.3) is 0 Å². The van der Waals surface area contributed by atoms with E-state index in [0.29, 0.717) is 11.6 Å². The molecular weight excluding hydrogens is 388 g/mol. The van der Waals surface area contributed by atoms with E-state index < -0.39 is 0 Å². The van der Waals surface area contributed by atoms with E-state index in [0.717, 1.165) is 51.2 Å². The van der Waals surface area contributed by atoms with Crippen molar-refractivity contribution in [3.63, 3.8) is 0 Å². The lowest BCUT2D eigenvalue weighted by atomic mass is 10.0. The molecule has 4 rings (SSSR count). The van der Waals surface area contributed by atoms with Gasteiger partial charge in [-0.25, -0.2) is 0 Å². The normalized spacial score (nSPS) is 22.7. The van der Waals surface area contributed by atoms with Crippen LogP contribution in [0.4, 0.5) is 0 Å². The summed E-state index contributed by atoms with van der Waals surface area (Å²) >= 11 is 0. The first-order valence-electron chi connectivity index (χ1n) is 11.1. The SMILES string of the molecule is CNC(=O)[C@@H]1C[C@H](Oc2ccccc2)CN1C1CCN(Cc2cccc(C#N)c2)CC1. The van der Waals surface area contributed by atoms with Gasteiger partial charge in [0.25, 0.3) is 0 Å². The third kappa shape index (κ3) is 5.25. The van der Waals surface area contributed by atoms with Gasteiger partial charge >= 0.3 is 0 Å². The molecule has 2 aliphatic rings. The second-order valence-corrected chi connectivity index (χ2v) is 8.43. The molecule has 2 fully saturated rings. The van der Waals surface area contributed by atoms with Crippen molar-refractivity contribution in [2.75, 3.05) is 26.7 Å². The van der Waals surface area contributed by atoms with Crippen molar-refractivity contribution in [3.8, 4) is 11.8 Å². The van der Waals surface area contributed by atoms with E-state index in [-0.39, 0.29) is 18.1 Å². The van der Waals surface area contributed by atoms with E-state index >= 15 is 0 Å². The maximum Gasteiger partial charge on any atom is 0.237 e. The summed E-state index contributed by atoms with van der Waals surface area (Å²) in [5.74, 6) is 0.939. The lowest BCUT2D eigenvalue weighted by Gasteiger charge is -2.38. The molecule has 1 N–H and O–H groups in total. The molecule has 0 radical (unpaired) electrons. The van der Waals surface area contributed by atoms with E-state index in [9.17, 15) is 4.79 Å². The lowest BCUT2D eigenvalue weighted by molar-refractivity contribution is -0.126. The summed E-state index contributed by atoms with van der Waals surface area (Å²) in [6.45, 7) is 3.62. The van der Waals surface area contributed by atoms with Crippen molar-refractivity contribution in [1.82, 2.24) is 15.1 Å². The van der Waals surface area contributed by atoms with Crippen LogP contribution < -0.4 is 10.1 Å². The highest BCUT2D eigenvalue weighted by atomic mass is 16.5. The molecule has 31 heavy (non-hydrogen) atoms. The summed E-state index contributed by atoms with van der Waals surface area (Å²) in [4.78, 5) is 17.4. The van der Waals surface area contributed by atoms with Crippen molar-refractivity contribution in [3.05, 3.63) is 65.7 Å². The zero-order valence-electron chi connectivity index (χ0n) is 18.0. The zero-order chi connectivity index (χ0) is 21.6. The quantitative estimate of drug-likeness (QED) is 0.781. The van der Waals surface area contributed by atoms with Crippen LogP contribution in [0.3, 0.4) is 0 Å². The molecule has 2 atom stereocenters. The van der Waals surface area contributed by atoms with Crippen LogP contribution in [-0.2, 0) is 11.3 Å². The fourth-order valence-electron chi connectivity index (χ4n) is 4.83. The number of likely N-dealkylation sites (N-methyl/N-ethyl adjacent to an activating group) is 1. The number of carbonyl (C=O) groups is 1. The molecule has 0 spiro atoms. The van der Waals surface area contributed by atoms with Crippen molar-refractivity contribution in [2.24, 2.45) is 0 Å². The molecule has 0 saturated carbocycles. The number of benzene rings is 2. The van der Waals surface area contributed by atoms with Gasteiger partial charge in [-0.2, -0.15) is 5.26 Å². The van der Waals surface area contributed by atoms with E-state index in [4.69, 9.17) is 10.00 Å². The van der Waals surface area contributed by atoms with Crippen molar-refractivity contribution in [2.45, 2.75) is 44.0 Å². The first-order chi connectivity index (χ1) is 15.2. The number of likely N-dealkylation sites (tertiary alicyclic amines) is 2. The fraction of sp³-hybridized carbons (Fsp3) is 0.440. The van der Waals surface area contributed by atoms with Crippen LogP contribution in [0.15, 0.2) is 54.6 Å². The van der Waals surface area contributed by atoms with E-state index in [1.807, 2.05) is 48.5 Å². The Morgan fingerprint density at radius 1 is 1.16 bits per heavy atom. The molecule has 2 heterocycles. The number of hydrogen-bond acceptors (Lipinski definition) is 5. The number of nitrogens with zero attached hydrogens (tertiary/aromatic N) is 3. The van der Waals surface area contributed by atoms with Crippen molar-refractivity contribution >= 4 is 5.91 Å². The lowest BCUT2D eigenvalue weighted by Crippen LogP contribution is -2.50. The number of ether oxygens (including phenoxy) is 1. The monoisotopic (exact) mass is 418 g/mol. The van der Waals surface area contributed by atoms with Gasteiger partial charge in [0.05, 0.1) is 17.7 Å². The Morgan fingerprint density at radius 3 is 2.65 bits per heavy atom. The number of para-hydroxylation sites is 1. The van der Waals surface area contributed by atoms with Crippen LogP contribution in [0.1, 0.15) is 30.4 Å². The number of rotatable bonds is 6. The molecule has 162 valence electrons. The molecule has 0 unspecified atom stereocenters. The second-order valence-electron chi connectivity index (χ2n) is 8.43. The average molecular weight is 419 g/mol. The van der Waals surface area contributed by atoms with E-state index in [1.165, 1.54) is 5.56 Å². The third-order valence-electron chi connectivity index (χ3n) is 6.38. The van der Waals surface area contributed by atoms with Crippen molar-refractivity contribution in [1.29, 1.82) is 5.26 Å². The molecule has 0 aliphatic carbocycles. The predicted molar refractivity (Wildman–Crippen MR) is 119 cm³/mol. The standard InChI is InChI=1S/C25H30N4O2/c1-27-25(30)24-15-23(31-22-8-3-2-4-9-22)18-29(24)21-10-12-28(13-11-21)17-20-7-5-6-19(14-20)16-26/h2-9,14,21,23-24H,10-13,15,17-18H2,1H3,(H,27,30)/t23-,24-/m0/s1. The maximum atomic E-state index is 12.6. The third-order valence-corrected chi connectivity index (χ3v) is 6.38. The predicted octanol–water partition coefficient (Wildman–Crippen LogP) is 2.79. The number of nitrogens with one attached hydrogen (secondary N) is 1. The molecule has 6 nitrogen and oxygen atoms in total. The van der Waals surface area contributed by atoms with Gasteiger partial charge in [-0.15, -0.1) is 0 Å². The van der Waals surface area contributed by atoms with Gasteiger partial charge < -0.3 is 10.1 Å². The summed E-state index contributed by atoms with van der Waals surface area (Å²) < 4.78 is 6.18. The van der Waals surface area contributed by atoms with Crippen LogP contribution in [-0.4, -0.2) is 60.6 Å². The Morgan fingerprint density at radius 2 is 1.94 bits per heavy atom. The average Bonchev–Trinajstić information content (AvgIpc) is 3.23. The zero-order valence-corrected chi connectivity index (χ0v) is 18.0. The molecule has 6 heteroatoms. The summed E-state index contributed by atoms with van der Waals surface area (Å²) in [5.41, 5.74) is 1.89. The summed E-state index contributed by atoms with van der Waals surface area (Å²) in [6.07, 6.45) is 2.80. The Balaban J connectivity index is 1.36. The molecule has 0 bridgehead atoms. The molecular formula is C25H30N4O2. The van der Waals surface area contributed by atoms with Gasteiger partial charge in [-0.05, 0) is 55.8 Å². The Bertz CT molecular complexity index is 919. The van der Waals surface area contributed by atoms with Crippen molar-refractivity contribution < 1.29 is 9.53 Å². The fourth-order valence-corrected chi connectivity index (χ4v) is 4.83. The van der Waals surface area contributed by atoms with Crippen LogP contribution in [0, 0.1) is 11.3 Å². The summed E-state index contributed by atoms with van der Waals surface area (Å²) in [6, 6.07) is 20.2. The Labute approximate surface area is 184 Å². The smallest absolute Gasteiger partial charge is 0.237 e. The molecule has 2 aromatic carbocycles. The van der Waals surface area contributed by atoms with E-state index in [1.54, 1.807) is 7.05 Å². The summed E-state index contributed by atoms with van der Waals surface area (Å²) in [7, 11) is 1.71. The van der Waals surface area contributed by atoms with Gasteiger partial charge in [-0.3, -0.25) is 14.6 Å². The highest BCUT2D eigenvalue weighted by Gasteiger charge is 2.41. The van der Waals surface area contributed by atoms with Crippen LogP contribution in [0.5, 0.6) is 5.75 Å².